The monoisotopic (exact) mass is 360 g/mol. The topological polar surface area (TPSA) is 43.4 Å². The second kappa shape index (κ2) is 6.58. The Hall–Kier alpha value is -0.960. The Morgan fingerprint density at radius 1 is 1.23 bits per heavy atom. The normalized spacial score (nSPS) is 40.0. The largest absolute Gasteiger partial charge is 0.372 e. The zero-order valence-corrected chi connectivity index (χ0v) is 17.5. The molecule has 3 aliphatic rings. The number of hydrogen-bond acceptors (Lipinski definition) is 3. The van der Waals surface area contributed by atoms with Crippen LogP contribution in [0.3, 0.4) is 0 Å². The maximum atomic E-state index is 12.8. The zero-order valence-electron chi connectivity index (χ0n) is 17.5. The van der Waals surface area contributed by atoms with Crippen molar-refractivity contribution in [2.75, 3.05) is 0 Å². The van der Waals surface area contributed by atoms with E-state index in [4.69, 9.17) is 4.74 Å². The molecule has 0 heterocycles. The summed E-state index contributed by atoms with van der Waals surface area (Å²) in [5.41, 5.74) is 0.960. The Balaban J connectivity index is 1.89. The van der Waals surface area contributed by atoms with Crippen molar-refractivity contribution in [3.8, 4) is 0 Å². The van der Waals surface area contributed by atoms with E-state index < -0.39 is 5.41 Å². The van der Waals surface area contributed by atoms with Crippen molar-refractivity contribution in [3.63, 3.8) is 0 Å². The molecule has 2 fully saturated rings. The molecule has 0 aromatic carbocycles. The van der Waals surface area contributed by atoms with E-state index in [2.05, 4.69) is 40.7 Å². The number of allylic oxidation sites excluding steroid dienone is 2. The summed E-state index contributed by atoms with van der Waals surface area (Å²) >= 11 is 0. The van der Waals surface area contributed by atoms with Crippen molar-refractivity contribution in [2.45, 2.75) is 98.2 Å². The van der Waals surface area contributed by atoms with Crippen LogP contribution in [0.15, 0.2) is 11.6 Å². The predicted molar refractivity (Wildman–Crippen MR) is 104 cm³/mol. The Morgan fingerprint density at radius 2 is 1.92 bits per heavy atom. The Labute approximate surface area is 158 Å². The van der Waals surface area contributed by atoms with Gasteiger partial charge in [-0.05, 0) is 78.6 Å². The number of rotatable bonds is 4. The summed E-state index contributed by atoms with van der Waals surface area (Å²) in [4.78, 5) is 24.4. The van der Waals surface area contributed by atoms with Crippen LogP contribution in [0, 0.1) is 22.7 Å². The molecule has 0 saturated heterocycles. The number of hydrogen-bond donors (Lipinski definition) is 0. The lowest BCUT2D eigenvalue weighted by atomic mass is 9.53. The highest BCUT2D eigenvalue weighted by Gasteiger charge is 2.57. The molecule has 3 aliphatic carbocycles. The first-order valence-corrected chi connectivity index (χ1v) is 10.4. The molecule has 0 spiro atoms. The van der Waals surface area contributed by atoms with Crippen molar-refractivity contribution in [1.29, 1.82) is 0 Å². The van der Waals surface area contributed by atoms with Gasteiger partial charge in [0.15, 0.2) is 0 Å². The van der Waals surface area contributed by atoms with Crippen LogP contribution in [-0.2, 0) is 14.3 Å². The van der Waals surface area contributed by atoms with Crippen LogP contribution in [0.1, 0.15) is 86.5 Å². The summed E-state index contributed by atoms with van der Waals surface area (Å²) in [6.07, 6.45) is 8.78. The molecule has 5 atom stereocenters. The van der Waals surface area contributed by atoms with Gasteiger partial charge in [-0.2, -0.15) is 0 Å². The standard InChI is InChI=1S/C23H36O3/c1-15(24)11-13-22(5)18-12-14-23(6)17(16(18)7-9-19(22)25)8-10-20(23)26-21(2,3)4/h12,16-17,20H,7-11,13-14H2,1-6H3/t16-,17-,20-,22+,23-/m0/s1. The summed E-state index contributed by atoms with van der Waals surface area (Å²) < 4.78 is 6.46. The summed E-state index contributed by atoms with van der Waals surface area (Å²) in [7, 11) is 0. The summed E-state index contributed by atoms with van der Waals surface area (Å²) in [6.45, 7) is 12.6. The molecule has 0 aliphatic heterocycles. The average Bonchev–Trinajstić information content (AvgIpc) is 2.84. The number of ketones is 2. The first-order valence-electron chi connectivity index (χ1n) is 10.4. The van der Waals surface area contributed by atoms with E-state index in [1.165, 1.54) is 12.0 Å². The SMILES string of the molecule is CC(=O)CC[C@@]1(C)C(=O)CC[C@@H]2C1=CC[C@]1(C)[C@@H](OC(C)(C)C)CC[C@@H]21. The molecular formula is C23H36O3. The lowest BCUT2D eigenvalue weighted by Crippen LogP contribution is -2.48. The molecule has 26 heavy (non-hydrogen) atoms. The number of carbonyl (C=O) groups excluding carboxylic acids is 2. The van der Waals surface area contributed by atoms with Gasteiger partial charge in [0, 0.05) is 23.7 Å². The molecule has 0 aromatic rings. The van der Waals surface area contributed by atoms with Gasteiger partial charge in [0.25, 0.3) is 0 Å². The summed E-state index contributed by atoms with van der Waals surface area (Å²) in [5, 5.41) is 0. The number of ether oxygens (including phenoxy) is 1. The fourth-order valence-electron chi connectivity index (χ4n) is 5.92. The second-order valence-electron chi connectivity index (χ2n) is 10.4. The van der Waals surface area contributed by atoms with E-state index in [1.807, 2.05) is 0 Å². The van der Waals surface area contributed by atoms with E-state index >= 15 is 0 Å². The quantitative estimate of drug-likeness (QED) is 0.641. The molecule has 3 rings (SSSR count). The molecule has 0 bridgehead atoms. The first-order chi connectivity index (χ1) is 12.0. The zero-order chi connectivity index (χ0) is 19.3. The smallest absolute Gasteiger partial charge is 0.142 e. The van der Waals surface area contributed by atoms with Crippen LogP contribution in [0.4, 0.5) is 0 Å². The minimum Gasteiger partial charge on any atom is -0.372 e. The number of Topliss-reactive ketones (excluding diaryl/α,β-unsaturated/α-hetero) is 2. The number of fused-ring (bicyclic) bond motifs is 3. The van der Waals surface area contributed by atoms with Gasteiger partial charge in [0.2, 0.25) is 0 Å². The lowest BCUT2D eigenvalue weighted by Gasteiger charge is -2.51. The van der Waals surface area contributed by atoms with Crippen LogP contribution < -0.4 is 0 Å². The van der Waals surface area contributed by atoms with Gasteiger partial charge >= 0.3 is 0 Å². The fourth-order valence-corrected chi connectivity index (χ4v) is 5.92. The summed E-state index contributed by atoms with van der Waals surface area (Å²) in [5.74, 6) is 1.60. The van der Waals surface area contributed by atoms with Gasteiger partial charge < -0.3 is 9.53 Å². The molecule has 0 aromatic heterocycles. The number of carbonyl (C=O) groups is 2. The minimum absolute atomic E-state index is 0.120. The Morgan fingerprint density at radius 3 is 2.54 bits per heavy atom. The van der Waals surface area contributed by atoms with Crippen LogP contribution in [0.2, 0.25) is 0 Å². The van der Waals surface area contributed by atoms with Crippen molar-refractivity contribution in [1.82, 2.24) is 0 Å². The fraction of sp³-hybridized carbons (Fsp3) is 0.826. The third kappa shape index (κ3) is 3.32. The summed E-state index contributed by atoms with van der Waals surface area (Å²) in [6, 6.07) is 0. The maximum absolute atomic E-state index is 12.8. The van der Waals surface area contributed by atoms with Crippen molar-refractivity contribution < 1.29 is 14.3 Å². The Kier molecular flexibility index (Phi) is 5.01. The third-order valence-corrected chi connectivity index (χ3v) is 7.38. The van der Waals surface area contributed by atoms with Gasteiger partial charge in [0.05, 0.1) is 11.7 Å². The van der Waals surface area contributed by atoms with Crippen molar-refractivity contribution in [3.05, 3.63) is 11.6 Å². The van der Waals surface area contributed by atoms with E-state index in [0.29, 0.717) is 43.0 Å². The predicted octanol–water partition coefficient (Wildman–Crippen LogP) is 5.27. The van der Waals surface area contributed by atoms with Crippen LogP contribution in [0.5, 0.6) is 0 Å². The maximum Gasteiger partial charge on any atom is 0.142 e. The van der Waals surface area contributed by atoms with Crippen LogP contribution in [-0.4, -0.2) is 23.3 Å². The van der Waals surface area contributed by atoms with Crippen molar-refractivity contribution in [2.24, 2.45) is 22.7 Å². The van der Waals surface area contributed by atoms with E-state index in [0.717, 1.165) is 19.3 Å². The average molecular weight is 361 g/mol. The Bertz CT molecular complexity index is 626. The second-order valence-corrected chi connectivity index (χ2v) is 10.4. The molecule has 0 unspecified atom stereocenters. The molecule has 146 valence electrons. The van der Waals surface area contributed by atoms with Gasteiger partial charge in [-0.3, -0.25) is 4.79 Å². The molecule has 0 amide bonds. The van der Waals surface area contributed by atoms with Crippen molar-refractivity contribution >= 4 is 11.6 Å². The van der Waals surface area contributed by atoms with E-state index in [9.17, 15) is 9.59 Å². The lowest BCUT2D eigenvalue weighted by molar-refractivity contribution is -0.132. The molecular weight excluding hydrogens is 324 g/mol. The van der Waals surface area contributed by atoms with Gasteiger partial charge in [-0.15, -0.1) is 0 Å². The van der Waals surface area contributed by atoms with Gasteiger partial charge in [-0.1, -0.05) is 18.6 Å². The molecule has 0 radical (unpaired) electrons. The van der Waals surface area contributed by atoms with E-state index in [1.54, 1.807) is 6.92 Å². The van der Waals surface area contributed by atoms with Crippen LogP contribution in [0.25, 0.3) is 0 Å². The molecule has 3 heteroatoms. The van der Waals surface area contributed by atoms with Gasteiger partial charge in [0.1, 0.15) is 11.6 Å². The highest BCUT2D eigenvalue weighted by molar-refractivity contribution is 5.89. The minimum atomic E-state index is -0.432. The van der Waals surface area contributed by atoms with E-state index in [-0.39, 0.29) is 16.8 Å². The third-order valence-electron chi connectivity index (χ3n) is 7.38. The highest BCUT2D eigenvalue weighted by Crippen LogP contribution is 2.61. The molecule has 2 saturated carbocycles. The first kappa shape index (κ1) is 19.8. The molecule has 3 nitrogen and oxygen atoms in total. The van der Waals surface area contributed by atoms with Crippen LogP contribution >= 0.6 is 0 Å². The van der Waals surface area contributed by atoms with Gasteiger partial charge in [-0.25, -0.2) is 0 Å². The highest BCUT2D eigenvalue weighted by atomic mass is 16.5. The molecule has 0 N–H and O–H groups in total.